The van der Waals surface area contributed by atoms with Gasteiger partial charge in [-0.2, -0.15) is 5.10 Å². The summed E-state index contributed by atoms with van der Waals surface area (Å²) in [5.41, 5.74) is 2.27. The SMILES string of the molecule is COc1cc(=O)c(C(=O)NCCc2ccccc2)nn1-c1ccc(C)cc1. The summed E-state index contributed by atoms with van der Waals surface area (Å²) < 4.78 is 6.70. The van der Waals surface area contributed by atoms with E-state index in [9.17, 15) is 9.59 Å². The fourth-order valence-corrected chi connectivity index (χ4v) is 2.66. The van der Waals surface area contributed by atoms with E-state index < -0.39 is 11.3 Å². The third-order valence-electron chi connectivity index (χ3n) is 4.14. The molecule has 6 heteroatoms. The van der Waals surface area contributed by atoms with E-state index in [1.807, 2.05) is 61.5 Å². The molecule has 3 aromatic rings. The monoisotopic (exact) mass is 363 g/mol. The van der Waals surface area contributed by atoms with Gasteiger partial charge in [-0.1, -0.05) is 48.0 Å². The van der Waals surface area contributed by atoms with Gasteiger partial charge in [-0.3, -0.25) is 9.59 Å². The van der Waals surface area contributed by atoms with Crippen molar-refractivity contribution in [3.05, 3.63) is 87.7 Å². The first-order valence-electron chi connectivity index (χ1n) is 8.66. The van der Waals surface area contributed by atoms with Gasteiger partial charge in [-0.15, -0.1) is 0 Å². The highest BCUT2D eigenvalue weighted by Gasteiger charge is 2.16. The van der Waals surface area contributed by atoms with Crippen molar-refractivity contribution in [2.75, 3.05) is 13.7 Å². The average Bonchev–Trinajstić information content (AvgIpc) is 2.69. The van der Waals surface area contributed by atoms with Crippen LogP contribution < -0.4 is 15.5 Å². The van der Waals surface area contributed by atoms with Crippen LogP contribution in [-0.4, -0.2) is 29.3 Å². The first-order chi connectivity index (χ1) is 13.1. The van der Waals surface area contributed by atoms with Crippen LogP contribution in [0.15, 0.2) is 65.5 Å². The smallest absolute Gasteiger partial charge is 0.275 e. The molecule has 138 valence electrons. The largest absolute Gasteiger partial charge is 0.481 e. The zero-order chi connectivity index (χ0) is 19.2. The average molecular weight is 363 g/mol. The van der Waals surface area contributed by atoms with Gasteiger partial charge in [0, 0.05) is 6.54 Å². The molecule has 3 rings (SSSR count). The highest BCUT2D eigenvalue weighted by molar-refractivity contribution is 5.92. The predicted octanol–water partition coefficient (Wildman–Crippen LogP) is 2.52. The molecule has 0 aliphatic rings. The summed E-state index contributed by atoms with van der Waals surface area (Å²) in [4.78, 5) is 24.8. The summed E-state index contributed by atoms with van der Waals surface area (Å²) in [6, 6.07) is 18.6. The molecule has 27 heavy (non-hydrogen) atoms. The van der Waals surface area contributed by atoms with Crippen LogP contribution in [0.25, 0.3) is 5.69 Å². The molecule has 6 nitrogen and oxygen atoms in total. The summed E-state index contributed by atoms with van der Waals surface area (Å²) >= 11 is 0. The lowest BCUT2D eigenvalue weighted by Gasteiger charge is -2.13. The summed E-state index contributed by atoms with van der Waals surface area (Å²) in [6.45, 7) is 2.39. The van der Waals surface area contributed by atoms with E-state index in [-0.39, 0.29) is 11.6 Å². The lowest BCUT2D eigenvalue weighted by Crippen LogP contribution is -2.32. The molecule has 1 amide bonds. The molecule has 0 aliphatic carbocycles. The molecule has 0 unspecified atom stereocenters. The summed E-state index contributed by atoms with van der Waals surface area (Å²) in [7, 11) is 1.46. The molecule has 0 saturated heterocycles. The molecule has 0 spiro atoms. The first kappa shape index (κ1) is 18.4. The Balaban J connectivity index is 1.82. The second kappa shape index (κ2) is 8.31. The standard InChI is InChI=1S/C21H21N3O3/c1-15-8-10-17(11-9-15)24-19(27-2)14-18(25)20(23-24)21(26)22-13-12-16-6-4-3-5-7-16/h3-11,14H,12-13H2,1-2H3,(H,22,26). The van der Waals surface area contributed by atoms with Crippen LogP contribution in [0, 0.1) is 6.92 Å². The number of carbonyl (C=O) groups excluding carboxylic acids is 1. The molecule has 0 radical (unpaired) electrons. The second-order valence-electron chi connectivity index (χ2n) is 6.14. The summed E-state index contributed by atoms with van der Waals surface area (Å²) in [5.74, 6) is -0.232. The molecule has 1 N–H and O–H groups in total. The minimum atomic E-state index is -0.501. The first-order valence-corrected chi connectivity index (χ1v) is 8.66. The van der Waals surface area contributed by atoms with Gasteiger partial charge in [0.05, 0.1) is 18.9 Å². The number of aromatic nitrogens is 2. The second-order valence-corrected chi connectivity index (χ2v) is 6.14. The lowest BCUT2D eigenvalue weighted by molar-refractivity contribution is 0.0946. The van der Waals surface area contributed by atoms with E-state index in [0.717, 1.165) is 11.1 Å². The number of ether oxygens (including phenoxy) is 1. The Hall–Kier alpha value is -3.41. The normalized spacial score (nSPS) is 10.4. The fraction of sp³-hybridized carbons (Fsp3) is 0.190. The third-order valence-corrected chi connectivity index (χ3v) is 4.14. The number of aryl methyl sites for hydroxylation is 1. The highest BCUT2D eigenvalue weighted by atomic mass is 16.5. The molecule has 0 bridgehead atoms. The van der Waals surface area contributed by atoms with Crippen molar-refractivity contribution in [2.45, 2.75) is 13.3 Å². The van der Waals surface area contributed by atoms with E-state index >= 15 is 0 Å². The molecular formula is C21H21N3O3. The Morgan fingerprint density at radius 2 is 1.81 bits per heavy atom. The van der Waals surface area contributed by atoms with E-state index in [0.29, 0.717) is 18.7 Å². The van der Waals surface area contributed by atoms with E-state index in [4.69, 9.17) is 4.74 Å². The van der Waals surface area contributed by atoms with Crippen LogP contribution in [0.2, 0.25) is 0 Å². The number of hydrogen-bond acceptors (Lipinski definition) is 4. The van der Waals surface area contributed by atoms with Crippen LogP contribution >= 0.6 is 0 Å². The van der Waals surface area contributed by atoms with Crippen molar-refractivity contribution in [3.63, 3.8) is 0 Å². The summed E-state index contributed by atoms with van der Waals surface area (Å²) in [6.07, 6.45) is 0.675. The lowest BCUT2D eigenvalue weighted by atomic mass is 10.1. The van der Waals surface area contributed by atoms with E-state index in [2.05, 4.69) is 10.4 Å². The maximum atomic E-state index is 12.5. The van der Waals surface area contributed by atoms with Gasteiger partial charge < -0.3 is 10.1 Å². The Morgan fingerprint density at radius 1 is 1.11 bits per heavy atom. The minimum absolute atomic E-state index is 0.163. The number of benzene rings is 2. The Labute approximate surface area is 157 Å². The van der Waals surface area contributed by atoms with Crippen LogP contribution in [0.4, 0.5) is 0 Å². The third kappa shape index (κ3) is 4.41. The van der Waals surface area contributed by atoms with Crippen molar-refractivity contribution in [2.24, 2.45) is 0 Å². The van der Waals surface area contributed by atoms with E-state index in [1.165, 1.54) is 17.9 Å². The van der Waals surface area contributed by atoms with Gasteiger partial charge in [0.25, 0.3) is 5.91 Å². The van der Waals surface area contributed by atoms with Gasteiger partial charge in [-0.05, 0) is 31.0 Å². The number of amides is 1. The number of nitrogens with one attached hydrogen (secondary N) is 1. The molecule has 0 fully saturated rings. The number of hydrogen-bond donors (Lipinski definition) is 1. The van der Waals surface area contributed by atoms with Crippen molar-refractivity contribution < 1.29 is 9.53 Å². The fourth-order valence-electron chi connectivity index (χ4n) is 2.66. The van der Waals surface area contributed by atoms with Gasteiger partial charge in [0.15, 0.2) is 5.69 Å². The minimum Gasteiger partial charge on any atom is -0.481 e. The highest BCUT2D eigenvalue weighted by Crippen LogP contribution is 2.15. The molecule has 2 aromatic carbocycles. The summed E-state index contributed by atoms with van der Waals surface area (Å²) in [5, 5.41) is 6.99. The topological polar surface area (TPSA) is 73.2 Å². The quantitative estimate of drug-likeness (QED) is 0.730. The van der Waals surface area contributed by atoms with E-state index in [1.54, 1.807) is 0 Å². The van der Waals surface area contributed by atoms with Gasteiger partial charge >= 0.3 is 0 Å². The number of rotatable bonds is 6. The van der Waals surface area contributed by atoms with Crippen LogP contribution in [-0.2, 0) is 6.42 Å². The van der Waals surface area contributed by atoms with Crippen LogP contribution in [0.5, 0.6) is 5.88 Å². The molecule has 1 heterocycles. The molecular weight excluding hydrogens is 342 g/mol. The van der Waals surface area contributed by atoms with Gasteiger partial charge in [0.2, 0.25) is 11.3 Å². The number of nitrogens with zero attached hydrogens (tertiary/aromatic N) is 2. The predicted molar refractivity (Wildman–Crippen MR) is 104 cm³/mol. The maximum absolute atomic E-state index is 12.5. The Kier molecular flexibility index (Phi) is 5.66. The molecule has 0 aliphatic heterocycles. The number of methoxy groups -OCH3 is 1. The Morgan fingerprint density at radius 3 is 2.48 bits per heavy atom. The zero-order valence-corrected chi connectivity index (χ0v) is 15.3. The zero-order valence-electron chi connectivity index (χ0n) is 15.3. The number of carbonyl (C=O) groups is 1. The van der Waals surface area contributed by atoms with Crippen molar-refractivity contribution in [3.8, 4) is 11.6 Å². The van der Waals surface area contributed by atoms with Gasteiger partial charge in [-0.25, -0.2) is 4.68 Å². The van der Waals surface area contributed by atoms with Crippen LogP contribution in [0.3, 0.4) is 0 Å². The Bertz CT molecular complexity index is 980. The maximum Gasteiger partial charge on any atom is 0.275 e. The van der Waals surface area contributed by atoms with Gasteiger partial charge in [0.1, 0.15) is 0 Å². The van der Waals surface area contributed by atoms with Crippen molar-refractivity contribution in [1.29, 1.82) is 0 Å². The van der Waals surface area contributed by atoms with Crippen molar-refractivity contribution in [1.82, 2.24) is 15.1 Å². The molecule has 1 aromatic heterocycles. The molecule has 0 atom stereocenters. The molecule has 0 saturated carbocycles. The van der Waals surface area contributed by atoms with Crippen LogP contribution in [0.1, 0.15) is 21.6 Å². The van der Waals surface area contributed by atoms with Crippen molar-refractivity contribution >= 4 is 5.91 Å².